The number of furan rings is 2. The molecule has 12 aromatic rings. The van der Waals surface area contributed by atoms with Crippen LogP contribution in [-0.4, -0.2) is 19.5 Å². The Labute approximate surface area is 336 Å². The summed E-state index contributed by atoms with van der Waals surface area (Å²) in [5.74, 6) is 1.51. The van der Waals surface area contributed by atoms with Crippen molar-refractivity contribution in [2.24, 2.45) is 0 Å². The third kappa shape index (κ3) is 5.04. The van der Waals surface area contributed by atoms with Crippen molar-refractivity contribution >= 4 is 65.7 Å². The van der Waals surface area contributed by atoms with Crippen LogP contribution in [0.2, 0.25) is 0 Å². The molecule has 4 heterocycles. The summed E-state index contributed by atoms with van der Waals surface area (Å²) in [6.45, 7) is 0. The first kappa shape index (κ1) is 32.9. The summed E-state index contributed by atoms with van der Waals surface area (Å²) in [5.41, 5.74) is 11.1. The van der Waals surface area contributed by atoms with Gasteiger partial charge in [0.1, 0.15) is 22.3 Å². The Morgan fingerprint density at radius 3 is 1.63 bits per heavy atom. The molecule has 0 saturated heterocycles. The van der Waals surface area contributed by atoms with Crippen LogP contribution in [0.4, 0.5) is 0 Å². The van der Waals surface area contributed by atoms with E-state index in [0.717, 1.165) is 93.6 Å². The monoisotopic (exact) mass is 755 g/mol. The molecule has 0 atom stereocenters. The lowest BCUT2D eigenvalue weighted by Gasteiger charge is -2.16. The summed E-state index contributed by atoms with van der Waals surface area (Å²) in [6, 6.07) is 61.4. The number of aromatic nitrogens is 4. The summed E-state index contributed by atoms with van der Waals surface area (Å²) in [6.07, 6.45) is 0. The maximum Gasteiger partial charge on any atom is 0.166 e. The van der Waals surface area contributed by atoms with E-state index in [4.69, 9.17) is 23.8 Å². The molecular weight excluding hydrogens is 727 g/mol. The second-order valence-electron chi connectivity index (χ2n) is 14.6. The molecule has 274 valence electrons. The van der Waals surface area contributed by atoms with Crippen molar-refractivity contribution in [1.82, 2.24) is 19.5 Å². The highest BCUT2D eigenvalue weighted by Crippen LogP contribution is 2.47. The maximum absolute atomic E-state index is 9.62. The van der Waals surface area contributed by atoms with Crippen molar-refractivity contribution in [2.75, 3.05) is 0 Å². The van der Waals surface area contributed by atoms with Crippen LogP contribution >= 0.6 is 0 Å². The predicted molar refractivity (Wildman–Crippen MR) is 235 cm³/mol. The Morgan fingerprint density at radius 1 is 0.407 bits per heavy atom. The third-order valence-electron chi connectivity index (χ3n) is 11.3. The molecule has 0 radical (unpaired) electrons. The van der Waals surface area contributed by atoms with Crippen LogP contribution in [0.15, 0.2) is 185 Å². The first-order chi connectivity index (χ1) is 29.2. The van der Waals surface area contributed by atoms with Gasteiger partial charge in [-0.3, -0.25) is 0 Å². The van der Waals surface area contributed by atoms with Crippen LogP contribution in [-0.2, 0) is 0 Å². The maximum atomic E-state index is 9.62. The number of fused-ring (bicyclic) bond motifs is 9. The van der Waals surface area contributed by atoms with Crippen LogP contribution in [0.1, 0.15) is 5.56 Å². The van der Waals surface area contributed by atoms with Crippen molar-refractivity contribution in [3.05, 3.63) is 181 Å². The zero-order chi connectivity index (χ0) is 39.0. The van der Waals surface area contributed by atoms with Crippen LogP contribution in [0.3, 0.4) is 0 Å². The van der Waals surface area contributed by atoms with Gasteiger partial charge < -0.3 is 13.4 Å². The number of benzene rings is 8. The van der Waals surface area contributed by atoms with E-state index in [2.05, 4.69) is 95.6 Å². The van der Waals surface area contributed by atoms with Crippen molar-refractivity contribution in [1.29, 1.82) is 5.26 Å². The summed E-state index contributed by atoms with van der Waals surface area (Å²) in [7, 11) is 0. The van der Waals surface area contributed by atoms with Gasteiger partial charge in [-0.25, -0.2) is 15.0 Å². The van der Waals surface area contributed by atoms with E-state index in [1.807, 2.05) is 78.9 Å². The van der Waals surface area contributed by atoms with E-state index < -0.39 is 0 Å². The van der Waals surface area contributed by atoms with Gasteiger partial charge in [-0.2, -0.15) is 5.26 Å². The van der Waals surface area contributed by atoms with E-state index in [-0.39, 0.29) is 0 Å². The molecule has 0 saturated carbocycles. The molecule has 0 fully saturated rings. The molecule has 59 heavy (non-hydrogen) atoms. The molecule has 0 aliphatic carbocycles. The minimum absolute atomic E-state index is 0.491. The molecule has 0 aliphatic rings. The summed E-state index contributed by atoms with van der Waals surface area (Å²) in [5, 5.41) is 15.8. The van der Waals surface area contributed by atoms with Gasteiger partial charge in [0.15, 0.2) is 17.5 Å². The van der Waals surface area contributed by atoms with Crippen molar-refractivity contribution in [3.8, 4) is 57.0 Å². The van der Waals surface area contributed by atoms with Gasteiger partial charge in [-0.1, -0.05) is 109 Å². The number of rotatable bonds is 5. The topological polar surface area (TPSA) is 93.7 Å². The van der Waals surface area contributed by atoms with Gasteiger partial charge in [0.2, 0.25) is 0 Å². The smallest absolute Gasteiger partial charge is 0.166 e. The Bertz CT molecular complexity index is 3630. The average Bonchev–Trinajstić information content (AvgIpc) is 3.99. The van der Waals surface area contributed by atoms with Crippen LogP contribution in [0.25, 0.3) is 117 Å². The Balaban J connectivity index is 1.26. The highest BCUT2D eigenvalue weighted by Gasteiger charge is 2.26. The van der Waals surface area contributed by atoms with Crippen molar-refractivity contribution in [2.45, 2.75) is 0 Å². The minimum Gasteiger partial charge on any atom is -0.456 e. The number of hydrogen-bond acceptors (Lipinski definition) is 6. The second kappa shape index (κ2) is 12.8. The summed E-state index contributed by atoms with van der Waals surface area (Å²) in [4.78, 5) is 15.7. The van der Waals surface area contributed by atoms with E-state index in [0.29, 0.717) is 28.6 Å². The number of para-hydroxylation sites is 3. The molecule has 12 rings (SSSR count). The molecule has 0 aliphatic heterocycles. The SMILES string of the molecule is N#Cc1ccc(-c2nc(-c3ccccc3)nc(-c3c(-n4c5ccccc5c5ccccc54)ccc4oc5cccc(-c6cccc7oc8ccccc8c67)c5c34)n2)cc1. The van der Waals surface area contributed by atoms with E-state index in [9.17, 15) is 5.26 Å². The quantitative estimate of drug-likeness (QED) is 0.174. The fourth-order valence-corrected chi connectivity index (χ4v) is 8.74. The van der Waals surface area contributed by atoms with Crippen LogP contribution in [0, 0.1) is 11.3 Å². The lowest BCUT2D eigenvalue weighted by molar-refractivity contribution is 0.668. The molecule has 0 amide bonds. The van der Waals surface area contributed by atoms with Gasteiger partial charge in [0.25, 0.3) is 0 Å². The van der Waals surface area contributed by atoms with E-state index in [1.54, 1.807) is 12.1 Å². The lowest BCUT2D eigenvalue weighted by Crippen LogP contribution is -2.04. The zero-order valence-electron chi connectivity index (χ0n) is 31.3. The zero-order valence-corrected chi connectivity index (χ0v) is 31.3. The van der Waals surface area contributed by atoms with E-state index in [1.165, 1.54) is 0 Å². The Hall–Kier alpha value is -8.34. The van der Waals surface area contributed by atoms with Crippen LogP contribution in [0.5, 0.6) is 0 Å². The van der Waals surface area contributed by atoms with Gasteiger partial charge >= 0.3 is 0 Å². The highest BCUT2D eigenvalue weighted by atomic mass is 16.3. The molecule has 0 bridgehead atoms. The number of hydrogen-bond donors (Lipinski definition) is 0. The molecule has 0 spiro atoms. The lowest BCUT2D eigenvalue weighted by atomic mass is 9.93. The van der Waals surface area contributed by atoms with Crippen LogP contribution < -0.4 is 0 Å². The number of nitriles is 1. The predicted octanol–water partition coefficient (Wildman–Crippen LogP) is 13.3. The van der Waals surface area contributed by atoms with Crippen molar-refractivity contribution in [3.63, 3.8) is 0 Å². The van der Waals surface area contributed by atoms with E-state index >= 15 is 0 Å². The first-order valence-corrected chi connectivity index (χ1v) is 19.4. The standard InChI is InChI=1S/C52H29N5O2/c53-30-31-24-26-33(27-25-31)51-54-50(32-12-2-1-3-13-32)55-52(56-51)48-41(57-39-19-7-4-14-34(39)35-15-5-8-20-40(35)57)28-29-45-49(48)47-37(18-11-23-44(47)59-45)36-17-10-22-43-46(36)38-16-6-9-21-42(38)58-43/h1-29H. The van der Waals surface area contributed by atoms with Gasteiger partial charge in [0, 0.05) is 43.4 Å². The molecule has 7 nitrogen and oxygen atoms in total. The van der Waals surface area contributed by atoms with Gasteiger partial charge in [-0.15, -0.1) is 0 Å². The fraction of sp³-hybridized carbons (Fsp3) is 0. The Morgan fingerprint density at radius 2 is 0.932 bits per heavy atom. The first-order valence-electron chi connectivity index (χ1n) is 19.4. The third-order valence-corrected chi connectivity index (χ3v) is 11.3. The largest absolute Gasteiger partial charge is 0.456 e. The summed E-state index contributed by atoms with van der Waals surface area (Å²) < 4.78 is 15.5. The Kier molecular flexibility index (Phi) is 7.16. The molecular formula is C52H29N5O2. The minimum atomic E-state index is 0.491. The van der Waals surface area contributed by atoms with Gasteiger partial charge in [-0.05, 0) is 77.9 Å². The summed E-state index contributed by atoms with van der Waals surface area (Å²) >= 11 is 0. The molecule has 0 unspecified atom stereocenters. The second-order valence-corrected chi connectivity index (χ2v) is 14.6. The molecule has 4 aromatic heterocycles. The fourth-order valence-electron chi connectivity index (χ4n) is 8.74. The van der Waals surface area contributed by atoms with Crippen molar-refractivity contribution < 1.29 is 8.83 Å². The normalized spacial score (nSPS) is 11.7. The van der Waals surface area contributed by atoms with Gasteiger partial charge in [0.05, 0.1) is 33.9 Å². The molecule has 0 N–H and O–H groups in total. The highest BCUT2D eigenvalue weighted by molar-refractivity contribution is 6.23. The average molecular weight is 756 g/mol. The molecule has 7 heteroatoms. The molecule has 8 aromatic carbocycles. The number of nitrogens with zero attached hydrogens (tertiary/aromatic N) is 5.